The van der Waals surface area contributed by atoms with Crippen LogP contribution in [0.3, 0.4) is 0 Å². The highest BCUT2D eigenvalue weighted by Crippen LogP contribution is 2.32. The topological polar surface area (TPSA) is 89.5 Å². The molecule has 0 radical (unpaired) electrons. The molecule has 0 saturated carbocycles. The van der Waals surface area contributed by atoms with Crippen LogP contribution >= 0.6 is 0 Å². The van der Waals surface area contributed by atoms with Crippen molar-refractivity contribution in [2.24, 2.45) is 5.92 Å². The summed E-state index contributed by atoms with van der Waals surface area (Å²) in [5, 5.41) is 0.983. The van der Waals surface area contributed by atoms with E-state index < -0.39 is 9.84 Å². The van der Waals surface area contributed by atoms with Gasteiger partial charge < -0.3 is 9.64 Å². The number of benzene rings is 1. The first-order chi connectivity index (χ1) is 15.1. The first-order valence-electron chi connectivity index (χ1n) is 10.6. The van der Waals surface area contributed by atoms with E-state index in [9.17, 15) is 13.2 Å². The van der Waals surface area contributed by atoms with E-state index >= 15 is 0 Å². The summed E-state index contributed by atoms with van der Waals surface area (Å²) in [4.78, 5) is 22.8. The molecule has 0 unspecified atom stereocenters. The summed E-state index contributed by atoms with van der Waals surface area (Å²) in [6.45, 7) is 6.86. The number of amides is 1. The maximum absolute atomic E-state index is 12.3. The fraction of sp³-hybridized carbons (Fsp3) is 0.375. The van der Waals surface area contributed by atoms with Gasteiger partial charge in [0.25, 0.3) is 0 Å². The van der Waals surface area contributed by atoms with Crippen LogP contribution in [0.15, 0.2) is 47.8 Å². The molecule has 3 heterocycles. The van der Waals surface area contributed by atoms with E-state index in [4.69, 9.17) is 4.74 Å². The Morgan fingerprint density at radius 1 is 1.19 bits per heavy atom. The molecule has 1 amide bonds. The number of carbonyl (C=O) groups is 1. The van der Waals surface area contributed by atoms with Gasteiger partial charge in [0.1, 0.15) is 11.9 Å². The van der Waals surface area contributed by atoms with Crippen LogP contribution in [-0.4, -0.2) is 54.6 Å². The molecule has 4 rings (SSSR count). The number of ether oxygens (including phenoxy) is 1. The molecular weight excluding hydrogens is 426 g/mol. The van der Waals surface area contributed by atoms with Crippen LogP contribution in [-0.2, 0) is 14.6 Å². The van der Waals surface area contributed by atoms with Gasteiger partial charge in [0.05, 0.1) is 12.1 Å². The fourth-order valence-electron chi connectivity index (χ4n) is 4.13. The number of pyridine rings is 2. The highest BCUT2D eigenvalue weighted by molar-refractivity contribution is 7.90. The predicted molar refractivity (Wildman–Crippen MR) is 123 cm³/mol. The lowest BCUT2D eigenvalue weighted by Crippen LogP contribution is -2.33. The lowest BCUT2D eigenvalue weighted by atomic mass is 10.0. The van der Waals surface area contributed by atoms with Crippen LogP contribution in [0.25, 0.3) is 22.0 Å². The van der Waals surface area contributed by atoms with Gasteiger partial charge in [-0.15, -0.1) is 0 Å². The van der Waals surface area contributed by atoms with Crippen molar-refractivity contribution in [2.45, 2.75) is 38.3 Å². The molecule has 0 aliphatic carbocycles. The molecule has 1 saturated heterocycles. The number of aryl methyl sites for hydroxylation is 1. The zero-order chi connectivity index (χ0) is 23.0. The quantitative estimate of drug-likeness (QED) is 0.586. The largest absolute Gasteiger partial charge is 0.488 e. The maximum Gasteiger partial charge on any atom is 0.225 e. The van der Waals surface area contributed by atoms with Crippen LogP contribution in [0.2, 0.25) is 0 Å². The number of hydrogen-bond acceptors (Lipinski definition) is 6. The van der Waals surface area contributed by atoms with Crippen LogP contribution in [0.4, 0.5) is 0 Å². The van der Waals surface area contributed by atoms with E-state index in [1.807, 2.05) is 49.1 Å². The second-order valence-electron chi connectivity index (χ2n) is 8.62. The molecule has 1 aliphatic rings. The standard InChI is InChI=1S/C24H27N3O4S/c1-15(2)24(28)27-10-8-19(14-27)31-18-5-6-22-21(12-18)20(7-9-25-22)17-11-16(3)23(26-13-17)32(4,29)30/h5-7,9,11-13,15,19H,8,10,14H2,1-4H3/t19-/m0/s1. The van der Waals surface area contributed by atoms with Crippen molar-refractivity contribution in [1.82, 2.24) is 14.9 Å². The molecule has 32 heavy (non-hydrogen) atoms. The number of hydrogen-bond donors (Lipinski definition) is 0. The van der Waals surface area contributed by atoms with Gasteiger partial charge in [-0.2, -0.15) is 0 Å². The van der Waals surface area contributed by atoms with Crippen molar-refractivity contribution in [3.05, 3.63) is 48.3 Å². The minimum absolute atomic E-state index is 0.0193. The van der Waals surface area contributed by atoms with Gasteiger partial charge in [-0.25, -0.2) is 13.4 Å². The SMILES string of the molecule is Cc1cc(-c2ccnc3ccc(O[C@H]4CCN(C(=O)C(C)C)C4)cc23)cnc1S(C)(=O)=O. The number of fused-ring (bicyclic) bond motifs is 1. The van der Waals surface area contributed by atoms with E-state index in [1.54, 1.807) is 19.3 Å². The molecule has 2 aromatic heterocycles. The summed E-state index contributed by atoms with van der Waals surface area (Å²) in [6, 6.07) is 9.47. The molecule has 1 aromatic carbocycles. The Hall–Kier alpha value is -3.00. The van der Waals surface area contributed by atoms with Gasteiger partial charge in [0, 0.05) is 48.5 Å². The highest BCUT2D eigenvalue weighted by Gasteiger charge is 2.28. The monoisotopic (exact) mass is 453 g/mol. The average Bonchev–Trinajstić information content (AvgIpc) is 3.20. The molecule has 168 valence electrons. The summed E-state index contributed by atoms with van der Waals surface area (Å²) in [5.41, 5.74) is 3.12. The van der Waals surface area contributed by atoms with E-state index in [1.165, 1.54) is 0 Å². The van der Waals surface area contributed by atoms with Crippen molar-refractivity contribution >= 4 is 26.6 Å². The van der Waals surface area contributed by atoms with E-state index in [0.717, 1.165) is 34.7 Å². The lowest BCUT2D eigenvalue weighted by Gasteiger charge is -2.19. The first kappa shape index (κ1) is 22.2. The summed E-state index contributed by atoms with van der Waals surface area (Å²) in [5.74, 6) is 0.851. The number of sulfone groups is 1. The van der Waals surface area contributed by atoms with Crippen molar-refractivity contribution in [3.63, 3.8) is 0 Å². The summed E-state index contributed by atoms with van der Waals surface area (Å²) in [6.07, 6.45) is 5.22. The Labute approximate surface area is 188 Å². The third-order valence-electron chi connectivity index (χ3n) is 5.66. The molecule has 1 atom stereocenters. The zero-order valence-electron chi connectivity index (χ0n) is 18.7. The Kier molecular flexibility index (Phi) is 5.90. The van der Waals surface area contributed by atoms with Crippen LogP contribution in [0.1, 0.15) is 25.8 Å². The van der Waals surface area contributed by atoms with Gasteiger partial charge in [-0.05, 0) is 48.4 Å². The Bertz CT molecular complexity index is 1290. The van der Waals surface area contributed by atoms with Crippen molar-refractivity contribution in [1.29, 1.82) is 0 Å². The van der Waals surface area contributed by atoms with Crippen molar-refractivity contribution < 1.29 is 17.9 Å². The smallest absolute Gasteiger partial charge is 0.225 e. The van der Waals surface area contributed by atoms with Crippen molar-refractivity contribution in [3.8, 4) is 16.9 Å². The number of rotatable bonds is 5. The zero-order valence-corrected chi connectivity index (χ0v) is 19.5. The van der Waals surface area contributed by atoms with Gasteiger partial charge in [-0.3, -0.25) is 9.78 Å². The minimum atomic E-state index is -3.38. The number of nitrogens with zero attached hydrogens (tertiary/aromatic N) is 3. The number of likely N-dealkylation sites (tertiary alicyclic amines) is 1. The van der Waals surface area contributed by atoms with Crippen LogP contribution in [0, 0.1) is 12.8 Å². The van der Waals surface area contributed by atoms with E-state index in [2.05, 4.69) is 9.97 Å². The van der Waals surface area contributed by atoms with Gasteiger partial charge in [-0.1, -0.05) is 13.8 Å². The van der Waals surface area contributed by atoms with Crippen molar-refractivity contribution in [2.75, 3.05) is 19.3 Å². The average molecular weight is 454 g/mol. The molecule has 1 fully saturated rings. The normalized spacial score (nSPS) is 16.7. The second-order valence-corrected chi connectivity index (χ2v) is 10.6. The number of carbonyl (C=O) groups excluding carboxylic acids is 1. The summed E-state index contributed by atoms with van der Waals surface area (Å²) in [7, 11) is -3.38. The second kappa shape index (κ2) is 8.50. The third-order valence-corrected chi connectivity index (χ3v) is 6.79. The van der Waals surface area contributed by atoms with Gasteiger partial charge in [0.15, 0.2) is 14.9 Å². The molecular formula is C24H27N3O4S. The minimum Gasteiger partial charge on any atom is -0.488 e. The highest BCUT2D eigenvalue weighted by atomic mass is 32.2. The molecule has 1 aliphatic heterocycles. The van der Waals surface area contributed by atoms with E-state index in [0.29, 0.717) is 24.4 Å². The Balaban J connectivity index is 1.63. The maximum atomic E-state index is 12.3. The van der Waals surface area contributed by atoms with Gasteiger partial charge in [0.2, 0.25) is 5.91 Å². The fourth-order valence-corrected chi connectivity index (χ4v) is 5.02. The third kappa shape index (κ3) is 4.46. The molecule has 0 N–H and O–H groups in total. The Morgan fingerprint density at radius 2 is 1.97 bits per heavy atom. The summed E-state index contributed by atoms with van der Waals surface area (Å²) < 4.78 is 30.0. The van der Waals surface area contributed by atoms with E-state index in [-0.39, 0.29) is 23.0 Å². The van der Waals surface area contributed by atoms with Crippen LogP contribution < -0.4 is 4.74 Å². The molecule has 3 aromatic rings. The molecule has 7 nitrogen and oxygen atoms in total. The first-order valence-corrected chi connectivity index (χ1v) is 12.5. The molecule has 0 spiro atoms. The Morgan fingerprint density at radius 3 is 2.66 bits per heavy atom. The van der Waals surface area contributed by atoms with Crippen LogP contribution in [0.5, 0.6) is 5.75 Å². The molecule has 8 heteroatoms. The molecule has 0 bridgehead atoms. The summed E-state index contributed by atoms with van der Waals surface area (Å²) >= 11 is 0. The lowest BCUT2D eigenvalue weighted by molar-refractivity contribution is -0.133. The number of aromatic nitrogens is 2. The predicted octanol–water partition coefficient (Wildman–Crippen LogP) is 3.64. The van der Waals surface area contributed by atoms with Gasteiger partial charge >= 0.3 is 0 Å².